The highest BCUT2D eigenvalue weighted by molar-refractivity contribution is 7.09. The molecule has 0 aliphatic heterocycles. The van der Waals surface area contributed by atoms with Crippen molar-refractivity contribution in [3.8, 4) is 0 Å². The van der Waals surface area contributed by atoms with Crippen LogP contribution in [0.5, 0.6) is 0 Å². The van der Waals surface area contributed by atoms with Gasteiger partial charge in [-0.15, -0.1) is 11.3 Å². The molecular formula is C9H11N5OS. The Morgan fingerprint density at radius 3 is 3.12 bits per heavy atom. The lowest BCUT2D eigenvalue weighted by Gasteiger charge is -2.01. The van der Waals surface area contributed by atoms with Gasteiger partial charge in [0.05, 0.1) is 12.1 Å². The number of nitrogens with zero attached hydrogens (tertiary/aromatic N) is 3. The van der Waals surface area contributed by atoms with Crippen LogP contribution in [0.25, 0.3) is 0 Å². The summed E-state index contributed by atoms with van der Waals surface area (Å²) in [7, 11) is 0. The van der Waals surface area contributed by atoms with Crippen LogP contribution in [0.4, 0.5) is 0 Å². The van der Waals surface area contributed by atoms with Gasteiger partial charge in [-0.1, -0.05) is 6.92 Å². The molecular weight excluding hydrogens is 226 g/mol. The summed E-state index contributed by atoms with van der Waals surface area (Å²) in [6, 6.07) is 0. The number of hydrogen-bond acceptors (Lipinski definition) is 5. The van der Waals surface area contributed by atoms with E-state index in [-0.39, 0.29) is 5.91 Å². The number of amides is 1. The number of nitrogens with one attached hydrogen (secondary N) is 2. The molecule has 2 aromatic heterocycles. The first-order valence-corrected chi connectivity index (χ1v) is 5.74. The number of rotatable bonds is 4. The van der Waals surface area contributed by atoms with Gasteiger partial charge in [0.25, 0.3) is 5.91 Å². The van der Waals surface area contributed by atoms with Crippen molar-refractivity contribution >= 4 is 17.2 Å². The lowest BCUT2D eigenvalue weighted by molar-refractivity contribution is 0.0945. The molecule has 84 valence electrons. The molecule has 0 aromatic carbocycles. The van der Waals surface area contributed by atoms with Crippen molar-refractivity contribution < 1.29 is 4.79 Å². The monoisotopic (exact) mass is 237 g/mol. The Morgan fingerprint density at radius 2 is 2.44 bits per heavy atom. The second kappa shape index (κ2) is 4.84. The van der Waals surface area contributed by atoms with Crippen molar-refractivity contribution in [3.05, 3.63) is 28.2 Å². The predicted octanol–water partition coefficient (Wildman–Crippen LogP) is 0.754. The molecule has 0 bridgehead atoms. The average Bonchev–Trinajstić information content (AvgIpc) is 2.96. The standard InChI is InChI=1S/C9H11N5OS/c1-2-6-8(12-5-16-6)9(15)10-3-7-11-4-13-14-7/h4-5H,2-3H2,1H3,(H,10,15)(H,11,13,14). The van der Waals surface area contributed by atoms with Gasteiger partial charge in [0.1, 0.15) is 17.8 Å². The van der Waals surface area contributed by atoms with Gasteiger partial charge in [-0.3, -0.25) is 9.89 Å². The lowest BCUT2D eigenvalue weighted by atomic mass is 10.3. The first-order valence-electron chi connectivity index (χ1n) is 4.86. The van der Waals surface area contributed by atoms with E-state index in [1.54, 1.807) is 5.51 Å². The fourth-order valence-corrected chi connectivity index (χ4v) is 1.98. The number of hydrogen-bond donors (Lipinski definition) is 2. The molecule has 16 heavy (non-hydrogen) atoms. The Balaban J connectivity index is 1.98. The van der Waals surface area contributed by atoms with E-state index in [0.717, 1.165) is 11.3 Å². The van der Waals surface area contributed by atoms with Crippen molar-refractivity contribution in [2.75, 3.05) is 0 Å². The van der Waals surface area contributed by atoms with Crippen LogP contribution >= 0.6 is 11.3 Å². The topological polar surface area (TPSA) is 83.6 Å². The summed E-state index contributed by atoms with van der Waals surface area (Å²) in [5.74, 6) is 0.455. The zero-order chi connectivity index (χ0) is 11.4. The summed E-state index contributed by atoms with van der Waals surface area (Å²) in [6.07, 6.45) is 2.22. The molecule has 0 spiro atoms. The van der Waals surface area contributed by atoms with E-state index >= 15 is 0 Å². The van der Waals surface area contributed by atoms with Gasteiger partial charge >= 0.3 is 0 Å². The lowest BCUT2D eigenvalue weighted by Crippen LogP contribution is -2.24. The molecule has 2 aromatic rings. The summed E-state index contributed by atoms with van der Waals surface area (Å²) in [5.41, 5.74) is 2.19. The maximum absolute atomic E-state index is 11.8. The van der Waals surface area contributed by atoms with E-state index in [0.29, 0.717) is 18.1 Å². The van der Waals surface area contributed by atoms with Crippen molar-refractivity contribution in [3.63, 3.8) is 0 Å². The van der Waals surface area contributed by atoms with Crippen LogP contribution < -0.4 is 5.32 Å². The third-order valence-electron chi connectivity index (χ3n) is 2.06. The highest BCUT2D eigenvalue weighted by Gasteiger charge is 2.13. The van der Waals surface area contributed by atoms with Gasteiger partial charge in [0.15, 0.2) is 0 Å². The van der Waals surface area contributed by atoms with Gasteiger partial charge in [-0.05, 0) is 6.42 Å². The Kier molecular flexibility index (Phi) is 3.25. The number of aromatic amines is 1. The van der Waals surface area contributed by atoms with E-state index in [4.69, 9.17) is 0 Å². The number of carbonyl (C=O) groups excluding carboxylic acids is 1. The third kappa shape index (κ3) is 2.25. The van der Waals surface area contributed by atoms with Crippen LogP contribution in [0.3, 0.4) is 0 Å². The molecule has 2 heterocycles. The SMILES string of the molecule is CCc1scnc1C(=O)NCc1ncn[nH]1. The maximum Gasteiger partial charge on any atom is 0.271 e. The van der Waals surface area contributed by atoms with Crippen molar-refractivity contribution in [2.45, 2.75) is 19.9 Å². The number of aryl methyl sites for hydroxylation is 1. The minimum Gasteiger partial charge on any atom is -0.343 e. The zero-order valence-corrected chi connectivity index (χ0v) is 9.54. The number of aromatic nitrogens is 4. The number of thiazole rings is 1. The molecule has 0 aliphatic carbocycles. The molecule has 0 saturated carbocycles. The molecule has 7 heteroatoms. The van der Waals surface area contributed by atoms with Crippen molar-refractivity contribution in [2.24, 2.45) is 0 Å². The highest BCUT2D eigenvalue weighted by Crippen LogP contribution is 2.13. The molecule has 0 fully saturated rings. The zero-order valence-electron chi connectivity index (χ0n) is 8.73. The minimum atomic E-state index is -0.172. The predicted molar refractivity (Wildman–Crippen MR) is 59.0 cm³/mol. The summed E-state index contributed by atoms with van der Waals surface area (Å²) in [4.78, 5) is 20.7. The fraction of sp³-hybridized carbons (Fsp3) is 0.333. The fourth-order valence-electron chi connectivity index (χ4n) is 1.27. The minimum absolute atomic E-state index is 0.172. The van der Waals surface area contributed by atoms with Gasteiger partial charge in [0, 0.05) is 4.88 Å². The Bertz CT molecular complexity index is 464. The van der Waals surface area contributed by atoms with Crippen LogP contribution in [0.1, 0.15) is 28.1 Å². The molecule has 1 amide bonds. The summed E-state index contributed by atoms with van der Waals surface area (Å²) in [5, 5.41) is 9.10. The number of H-pyrrole nitrogens is 1. The van der Waals surface area contributed by atoms with Gasteiger partial charge in [-0.2, -0.15) is 5.10 Å². The Hall–Kier alpha value is -1.76. The maximum atomic E-state index is 11.8. The van der Waals surface area contributed by atoms with Gasteiger partial charge in [0.2, 0.25) is 0 Å². The van der Waals surface area contributed by atoms with Crippen LogP contribution in [0.2, 0.25) is 0 Å². The van der Waals surface area contributed by atoms with Crippen molar-refractivity contribution in [1.29, 1.82) is 0 Å². The van der Waals surface area contributed by atoms with Crippen LogP contribution in [-0.4, -0.2) is 26.1 Å². The van der Waals surface area contributed by atoms with E-state index in [9.17, 15) is 4.79 Å². The first kappa shape index (κ1) is 10.7. The van der Waals surface area contributed by atoms with Crippen LogP contribution in [0, 0.1) is 0 Å². The Morgan fingerprint density at radius 1 is 1.56 bits per heavy atom. The quantitative estimate of drug-likeness (QED) is 0.822. The Labute approximate surface area is 96.1 Å². The largest absolute Gasteiger partial charge is 0.343 e. The second-order valence-corrected chi connectivity index (χ2v) is 4.03. The molecule has 0 aliphatic rings. The smallest absolute Gasteiger partial charge is 0.271 e. The normalized spacial score (nSPS) is 10.3. The molecule has 0 unspecified atom stereocenters. The first-order chi connectivity index (χ1) is 7.81. The summed E-state index contributed by atoms with van der Waals surface area (Å²) >= 11 is 1.49. The molecule has 0 atom stereocenters. The second-order valence-electron chi connectivity index (χ2n) is 3.09. The average molecular weight is 237 g/mol. The van der Waals surface area contributed by atoms with E-state index < -0.39 is 0 Å². The van der Waals surface area contributed by atoms with Crippen molar-refractivity contribution in [1.82, 2.24) is 25.5 Å². The molecule has 2 rings (SSSR count). The highest BCUT2D eigenvalue weighted by atomic mass is 32.1. The van der Waals surface area contributed by atoms with E-state index in [2.05, 4.69) is 25.5 Å². The molecule has 0 saturated heterocycles. The summed E-state index contributed by atoms with van der Waals surface area (Å²) < 4.78 is 0. The molecule has 6 nitrogen and oxygen atoms in total. The third-order valence-corrected chi connectivity index (χ3v) is 3.04. The van der Waals surface area contributed by atoms with Gasteiger partial charge in [-0.25, -0.2) is 9.97 Å². The van der Waals surface area contributed by atoms with Gasteiger partial charge < -0.3 is 5.32 Å². The summed E-state index contributed by atoms with van der Waals surface area (Å²) in [6.45, 7) is 2.33. The van der Waals surface area contributed by atoms with Crippen LogP contribution in [-0.2, 0) is 13.0 Å². The van der Waals surface area contributed by atoms with E-state index in [1.807, 2.05) is 6.92 Å². The van der Waals surface area contributed by atoms with E-state index in [1.165, 1.54) is 17.7 Å². The van der Waals surface area contributed by atoms with Crippen LogP contribution in [0.15, 0.2) is 11.8 Å². The molecule has 2 N–H and O–H groups in total. The molecule has 0 radical (unpaired) electrons. The number of carbonyl (C=O) groups is 1.